The molecule has 5 nitrogen and oxygen atoms in total. The van der Waals surface area contributed by atoms with Crippen LogP contribution in [0.3, 0.4) is 0 Å². The summed E-state index contributed by atoms with van der Waals surface area (Å²) in [5, 5.41) is 20.4. The molecule has 1 aliphatic heterocycles. The van der Waals surface area contributed by atoms with Gasteiger partial charge in [0.1, 0.15) is 5.60 Å². The largest absolute Gasteiger partial charge is 0.469 e. The van der Waals surface area contributed by atoms with Crippen molar-refractivity contribution in [2.24, 2.45) is 28.6 Å². The molecular formula is C24H36O5. The molecule has 2 N–H and O–H groups in total. The molecule has 4 aliphatic carbocycles. The summed E-state index contributed by atoms with van der Waals surface area (Å²) in [7, 11) is 3.19. The molecule has 162 valence electrons. The average molecular weight is 405 g/mol. The van der Waals surface area contributed by atoms with Gasteiger partial charge in [0.25, 0.3) is 5.95 Å². The Hall–Kier alpha value is -1.04. The zero-order valence-corrected chi connectivity index (χ0v) is 18.2. The van der Waals surface area contributed by atoms with Crippen molar-refractivity contribution in [1.82, 2.24) is 0 Å². The Morgan fingerprint density at radius 3 is 2.62 bits per heavy atom. The van der Waals surface area contributed by atoms with Gasteiger partial charge in [0.2, 0.25) is 0 Å². The number of ether oxygens (including phenoxy) is 3. The van der Waals surface area contributed by atoms with Gasteiger partial charge in [0, 0.05) is 5.41 Å². The molecule has 0 bridgehead atoms. The van der Waals surface area contributed by atoms with Crippen LogP contribution in [-0.4, -0.2) is 48.8 Å². The lowest BCUT2D eigenvalue weighted by Gasteiger charge is -2.58. The normalized spacial score (nSPS) is 49.7. The van der Waals surface area contributed by atoms with Crippen molar-refractivity contribution >= 4 is 0 Å². The second kappa shape index (κ2) is 6.48. The number of aliphatic hydroxyl groups excluding tert-OH is 2. The number of aliphatic hydroxyl groups is 2. The zero-order chi connectivity index (χ0) is 20.6. The van der Waals surface area contributed by atoms with Crippen LogP contribution in [0.1, 0.15) is 58.8 Å². The molecule has 4 fully saturated rings. The molecule has 5 heteroatoms. The number of hydrogen-bond donors (Lipinski definition) is 2. The van der Waals surface area contributed by atoms with Gasteiger partial charge in [-0.3, -0.25) is 0 Å². The van der Waals surface area contributed by atoms with Crippen LogP contribution in [0.15, 0.2) is 23.2 Å². The topological polar surface area (TPSA) is 71.5 Å². The summed E-state index contributed by atoms with van der Waals surface area (Å²) in [4.78, 5) is 0. The first-order chi connectivity index (χ1) is 13.9. The third-order valence-electron chi connectivity index (χ3n) is 9.73. The van der Waals surface area contributed by atoms with Gasteiger partial charge in [-0.15, -0.1) is 0 Å². The van der Waals surface area contributed by atoms with Crippen molar-refractivity contribution in [2.45, 2.75) is 76.6 Å². The van der Waals surface area contributed by atoms with Crippen molar-refractivity contribution in [1.29, 1.82) is 0 Å². The highest BCUT2D eigenvalue weighted by atomic mass is 16.7. The summed E-state index contributed by atoms with van der Waals surface area (Å²) in [5.74, 6) is 2.34. The molecule has 0 aromatic carbocycles. The first kappa shape index (κ1) is 19.9. The first-order valence-corrected chi connectivity index (χ1v) is 11.3. The molecule has 8 atom stereocenters. The van der Waals surface area contributed by atoms with Crippen LogP contribution in [0.2, 0.25) is 0 Å². The fourth-order valence-electron chi connectivity index (χ4n) is 8.27. The minimum absolute atomic E-state index is 0.00487. The van der Waals surface area contributed by atoms with Crippen LogP contribution >= 0.6 is 0 Å². The molecule has 0 spiro atoms. The molecule has 5 rings (SSSR count). The van der Waals surface area contributed by atoms with Crippen LogP contribution in [0.5, 0.6) is 0 Å². The van der Waals surface area contributed by atoms with Gasteiger partial charge in [0.05, 0.1) is 38.6 Å². The predicted molar refractivity (Wildman–Crippen MR) is 109 cm³/mol. The van der Waals surface area contributed by atoms with E-state index in [1.165, 1.54) is 12.0 Å². The maximum absolute atomic E-state index is 10.2. The van der Waals surface area contributed by atoms with E-state index in [2.05, 4.69) is 19.9 Å². The number of hydrogen-bond acceptors (Lipinski definition) is 5. The molecule has 1 heterocycles. The van der Waals surface area contributed by atoms with Crippen molar-refractivity contribution in [3.05, 3.63) is 23.2 Å². The lowest BCUT2D eigenvalue weighted by atomic mass is 9.47. The van der Waals surface area contributed by atoms with E-state index in [9.17, 15) is 10.2 Å². The predicted octanol–water partition coefficient (Wildman–Crippen LogP) is 3.55. The molecular weight excluding hydrogens is 368 g/mol. The second-order valence-corrected chi connectivity index (χ2v) is 10.5. The van der Waals surface area contributed by atoms with Gasteiger partial charge in [0.15, 0.2) is 0 Å². The molecule has 5 aliphatic rings. The average Bonchev–Trinajstić information content (AvgIpc) is 3.37. The highest BCUT2D eigenvalue weighted by Crippen LogP contribution is 2.75. The highest BCUT2D eigenvalue weighted by molar-refractivity contribution is 5.40. The molecule has 4 unspecified atom stereocenters. The first-order valence-electron chi connectivity index (χ1n) is 11.3. The Morgan fingerprint density at radius 1 is 1.17 bits per heavy atom. The SMILES string of the molecule is COC(OC)=C(CO)[C@@]12O[C@@H]1CC1C3CC=C4CC(O)CC[C@]4(C)C3CC[C@@]12C. The monoisotopic (exact) mass is 404 g/mol. The molecule has 0 amide bonds. The van der Waals surface area contributed by atoms with E-state index in [1.807, 2.05) is 0 Å². The summed E-state index contributed by atoms with van der Waals surface area (Å²) in [6.07, 6.45) is 9.82. The minimum Gasteiger partial charge on any atom is -0.469 e. The Labute approximate surface area is 174 Å². The summed E-state index contributed by atoms with van der Waals surface area (Å²) in [6, 6.07) is 0. The van der Waals surface area contributed by atoms with Crippen LogP contribution < -0.4 is 0 Å². The molecule has 3 saturated carbocycles. The van der Waals surface area contributed by atoms with Crippen LogP contribution in [0.25, 0.3) is 0 Å². The van der Waals surface area contributed by atoms with Crippen molar-refractivity contribution < 1.29 is 24.4 Å². The van der Waals surface area contributed by atoms with E-state index in [1.54, 1.807) is 14.2 Å². The van der Waals surface area contributed by atoms with Gasteiger partial charge >= 0.3 is 0 Å². The van der Waals surface area contributed by atoms with Crippen LogP contribution in [0.4, 0.5) is 0 Å². The Bertz CT molecular complexity index is 752. The van der Waals surface area contributed by atoms with Crippen LogP contribution in [0, 0.1) is 28.6 Å². The Morgan fingerprint density at radius 2 is 1.93 bits per heavy atom. The molecule has 0 aromatic rings. The molecule has 0 aromatic heterocycles. The second-order valence-electron chi connectivity index (χ2n) is 10.5. The fraction of sp³-hybridized carbons (Fsp3) is 0.833. The summed E-state index contributed by atoms with van der Waals surface area (Å²) in [5.41, 5.74) is 2.09. The summed E-state index contributed by atoms with van der Waals surface area (Å²) < 4.78 is 17.3. The summed E-state index contributed by atoms with van der Waals surface area (Å²) >= 11 is 0. The lowest BCUT2D eigenvalue weighted by molar-refractivity contribution is -0.0791. The van der Waals surface area contributed by atoms with E-state index in [4.69, 9.17) is 14.2 Å². The molecule has 1 saturated heterocycles. The van der Waals surface area contributed by atoms with Gasteiger partial charge in [-0.2, -0.15) is 0 Å². The van der Waals surface area contributed by atoms with E-state index >= 15 is 0 Å². The van der Waals surface area contributed by atoms with Gasteiger partial charge in [-0.05, 0) is 68.1 Å². The van der Waals surface area contributed by atoms with E-state index in [0.717, 1.165) is 44.1 Å². The zero-order valence-electron chi connectivity index (χ0n) is 18.2. The Balaban J connectivity index is 1.51. The van der Waals surface area contributed by atoms with Gasteiger partial charge in [-0.1, -0.05) is 25.5 Å². The van der Waals surface area contributed by atoms with E-state index in [0.29, 0.717) is 23.7 Å². The molecule has 0 radical (unpaired) electrons. The smallest absolute Gasteiger partial charge is 0.283 e. The third kappa shape index (κ3) is 2.38. The van der Waals surface area contributed by atoms with Gasteiger partial charge in [-0.25, -0.2) is 0 Å². The number of epoxide rings is 1. The Kier molecular flexibility index (Phi) is 4.44. The minimum atomic E-state index is -0.438. The number of fused-ring (bicyclic) bond motifs is 7. The maximum Gasteiger partial charge on any atom is 0.283 e. The summed E-state index contributed by atoms with van der Waals surface area (Å²) in [6.45, 7) is 4.74. The number of rotatable bonds is 4. The quantitative estimate of drug-likeness (QED) is 0.426. The third-order valence-corrected chi connectivity index (χ3v) is 9.73. The van der Waals surface area contributed by atoms with Crippen molar-refractivity contribution in [3.63, 3.8) is 0 Å². The van der Waals surface area contributed by atoms with Crippen molar-refractivity contribution in [3.8, 4) is 0 Å². The number of methoxy groups -OCH3 is 2. The standard InChI is InChI=1S/C24H36O5/c1-22-9-7-15(26)11-14(22)5-6-16-17(22)8-10-23(2)18(16)12-20-24(23,29-20)19(13-25)21(27-3)28-4/h5,15-18,20,25-26H,6-13H2,1-4H3/t15?,16?,17?,18?,20-,22+,23+,24-/m1/s1. The van der Waals surface area contributed by atoms with Crippen molar-refractivity contribution in [2.75, 3.05) is 20.8 Å². The molecule has 29 heavy (non-hydrogen) atoms. The lowest BCUT2D eigenvalue weighted by Crippen LogP contribution is -2.53. The maximum atomic E-state index is 10.2. The van der Waals surface area contributed by atoms with E-state index in [-0.39, 0.29) is 29.6 Å². The van der Waals surface area contributed by atoms with Crippen LogP contribution in [-0.2, 0) is 14.2 Å². The van der Waals surface area contributed by atoms with Gasteiger partial charge < -0.3 is 24.4 Å². The van der Waals surface area contributed by atoms with E-state index < -0.39 is 5.60 Å². The number of allylic oxidation sites excluding steroid dienone is 1. The fourth-order valence-corrected chi connectivity index (χ4v) is 8.27. The highest BCUT2D eigenvalue weighted by Gasteiger charge is 2.79.